The van der Waals surface area contributed by atoms with Gasteiger partial charge in [0.1, 0.15) is 10.1 Å². The average molecular weight is 263 g/mol. The molecule has 0 aromatic heterocycles. The van der Waals surface area contributed by atoms with Gasteiger partial charge in [0.2, 0.25) is 0 Å². The fourth-order valence-corrected chi connectivity index (χ4v) is 1.39. The van der Waals surface area contributed by atoms with E-state index in [2.05, 4.69) is 0 Å². The quantitative estimate of drug-likeness (QED) is 0.226. The number of hydrogen-bond acceptors (Lipinski definition) is 6. The predicted octanol–water partition coefficient (Wildman–Crippen LogP) is -6.42. The topological polar surface area (TPSA) is 123 Å². The first-order valence-corrected chi connectivity index (χ1v) is 4.64. The molecular formula is C6H3NNa2O6S. The second-order valence-corrected chi connectivity index (χ2v) is 3.69. The maximum atomic E-state index is 10.8. The van der Waals surface area contributed by atoms with Gasteiger partial charge in [-0.15, -0.1) is 0 Å². The van der Waals surface area contributed by atoms with Crippen molar-refractivity contribution in [1.29, 1.82) is 0 Å². The van der Waals surface area contributed by atoms with Gasteiger partial charge in [-0.25, -0.2) is 8.42 Å². The van der Waals surface area contributed by atoms with Crippen LogP contribution in [0.4, 0.5) is 5.69 Å². The van der Waals surface area contributed by atoms with Crippen molar-refractivity contribution in [3.8, 4) is 5.75 Å². The first-order valence-electron chi connectivity index (χ1n) is 3.24. The van der Waals surface area contributed by atoms with Crippen LogP contribution in [-0.4, -0.2) is 17.9 Å². The Bertz CT molecular complexity index is 488. The van der Waals surface area contributed by atoms with Gasteiger partial charge in [-0.2, -0.15) is 0 Å². The van der Waals surface area contributed by atoms with Crippen molar-refractivity contribution in [2.75, 3.05) is 0 Å². The number of nitrogens with zero attached hydrogens (tertiary/aromatic N) is 1. The van der Waals surface area contributed by atoms with Crippen molar-refractivity contribution in [2.24, 2.45) is 0 Å². The summed E-state index contributed by atoms with van der Waals surface area (Å²) in [4.78, 5) is 8.20. The molecule has 0 fully saturated rings. The molecule has 0 radical (unpaired) electrons. The molecule has 16 heavy (non-hydrogen) atoms. The molecule has 0 amide bonds. The normalized spacial score (nSPS) is 9.81. The molecule has 1 aromatic carbocycles. The largest absolute Gasteiger partial charge is 1.00 e. The van der Waals surface area contributed by atoms with Crippen molar-refractivity contribution >= 4 is 15.8 Å². The second kappa shape index (κ2) is 6.92. The van der Waals surface area contributed by atoms with Crippen LogP contribution in [-0.2, 0) is 10.1 Å². The maximum absolute atomic E-state index is 10.8. The van der Waals surface area contributed by atoms with E-state index in [1.165, 1.54) is 0 Å². The molecule has 10 heteroatoms. The van der Waals surface area contributed by atoms with Crippen LogP contribution >= 0.6 is 0 Å². The van der Waals surface area contributed by atoms with Gasteiger partial charge in [0, 0.05) is 12.1 Å². The number of hydrogen-bond donors (Lipinski definition) is 0. The Labute approximate surface area is 135 Å². The van der Waals surface area contributed by atoms with E-state index in [-0.39, 0.29) is 59.1 Å². The maximum Gasteiger partial charge on any atom is 1.00 e. The van der Waals surface area contributed by atoms with E-state index in [0.717, 1.165) is 6.07 Å². The number of benzene rings is 1. The van der Waals surface area contributed by atoms with Gasteiger partial charge < -0.3 is 9.66 Å². The average Bonchev–Trinajstić information content (AvgIpc) is 2.02. The molecule has 76 valence electrons. The second-order valence-electron chi connectivity index (χ2n) is 2.34. The summed E-state index contributed by atoms with van der Waals surface area (Å²) in [7, 11) is -4.96. The van der Waals surface area contributed by atoms with Crippen LogP contribution in [0.1, 0.15) is 0 Å². The predicted molar refractivity (Wildman–Crippen MR) is 40.5 cm³/mol. The molecule has 7 nitrogen and oxygen atoms in total. The Hall–Kier alpha value is 0.330. The molecule has 0 N–H and O–H groups in total. The van der Waals surface area contributed by atoms with E-state index in [9.17, 15) is 28.2 Å². The van der Waals surface area contributed by atoms with E-state index in [0.29, 0.717) is 12.1 Å². The summed E-state index contributed by atoms with van der Waals surface area (Å²) < 4.78 is 31.4. The summed E-state index contributed by atoms with van der Waals surface area (Å²) in [5, 5.41) is 21.0. The number of nitro groups is 1. The van der Waals surface area contributed by atoms with E-state index in [1.54, 1.807) is 0 Å². The molecule has 0 saturated carbocycles. The first-order chi connectivity index (χ1) is 6.32. The van der Waals surface area contributed by atoms with Crippen LogP contribution in [0.2, 0.25) is 0 Å². The summed E-state index contributed by atoms with van der Waals surface area (Å²) in [6, 6.07) is 1.95. The van der Waals surface area contributed by atoms with Gasteiger partial charge in [0.15, 0.2) is 0 Å². The Morgan fingerprint density at radius 1 is 1.19 bits per heavy atom. The van der Waals surface area contributed by atoms with Crippen LogP contribution in [0, 0.1) is 10.1 Å². The minimum Gasteiger partial charge on any atom is -0.872 e. The van der Waals surface area contributed by atoms with Crippen LogP contribution in [0.3, 0.4) is 0 Å². The Morgan fingerprint density at radius 3 is 2.06 bits per heavy atom. The third-order valence-electron chi connectivity index (χ3n) is 1.41. The Kier molecular flexibility index (Phi) is 8.08. The molecule has 1 aromatic rings. The molecular weight excluding hydrogens is 260 g/mol. The van der Waals surface area contributed by atoms with E-state index in [1.807, 2.05) is 0 Å². The fourth-order valence-electron chi connectivity index (χ4n) is 0.806. The van der Waals surface area contributed by atoms with Gasteiger partial charge in [-0.3, -0.25) is 10.1 Å². The zero-order valence-corrected chi connectivity index (χ0v) is 13.4. The third-order valence-corrected chi connectivity index (χ3v) is 2.27. The monoisotopic (exact) mass is 263 g/mol. The molecule has 1 rings (SSSR count). The molecule has 0 saturated heterocycles. The fraction of sp³-hybridized carbons (Fsp3) is 0. The van der Waals surface area contributed by atoms with E-state index >= 15 is 0 Å². The summed E-state index contributed by atoms with van der Waals surface area (Å²) in [6.45, 7) is 0. The van der Waals surface area contributed by atoms with Crippen molar-refractivity contribution in [1.82, 2.24) is 0 Å². The zero-order chi connectivity index (χ0) is 10.9. The third kappa shape index (κ3) is 4.68. The molecule has 0 aliphatic rings. The van der Waals surface area contributed by atoms with Crippen LogP contribution in [0.5, 0.6) is 5.75 Å². The van der Waals surface area contributed by atoms with Crippen molar-refractivity contribution in [3.63, 3.8) is 0 Å². The van der Waals surface area contributed by atoms with Gasteiger partial charge in [0.25, 0.3) is 5.69 Å². The zero-order valence-electron chi connectivity index (χ0n) is 8.54. The van der Waals surface area contributed by atoms with Crippen LogP contribution in [0.25, 0.3) is 0 Å². The molecule has 0 unspecified atom stereocenters. The van der Waals surface area contributed by atoms with Crippen LogP contribution in [0.15, 0.2) is 23.1 Å². The van der Waals surface area contributed by atoms with Crippen molar-refractivity contribution in [3.05, 3.63) is 28.3 Å². The van der Waals surface area contributed by atoms with Gasteiger partial charge in [-0.1, -0.05) is 11.8 Å². The SMILES string of the molecule is O=[N+]([O-])c1ccc([O-])c(S(=O)(=O)[O-])c1.[Na+].[Na+]. The standard InChI is InChI=1S/C6H5NO6S.2Na/c8-5-2-1-4(7(9)10)3-6(5)14(11,12)13;;/h1-3,8H,(H,11,12,13);;/q;2*+1/p-2. The molecule has 0 bridgehead atoms. The number of non-ortho nitro benzene ring substituents is 1. The molecule has 0 spiro atoms. The smallest absolute Gasteiger partial charge is 0.872 e. The summed E-state index contributed by atoms with van der Waals surface area (Å²) in [5.41, 5.74) is -0.612. The van der Waals surface area contributed by atoms with Crippen molar-refractivity contribution in [2.45, 2.75) is 4.90 Å². The molecule has 0 atom stereocenters. The van der Waals surface area contributed by atoms with Gasteiger partial charge in [0.05, 0.1) is 9.82 Å². The van der Waals surface area contributed by atoms with Crippen LogP contribution < -0.4 is 64.2 Å². The minimum atomic E-state index is -4.96. The number of nitro benzene ring substituents is 1. The Morgan fingerprint density at radius 2 is 1.69 bits per heavy atom. The van der Waals surface area contributed by atoms with Gasteiger partial charge >= 0.3 is 59.1 Å². The molecule has 0 heterocycles. The van der Waals surface area contributed by atoms with E-state index < -0.39 is 31.4 Å². The summed E-state index contributed by atoms with van der Waals surface area (Å²) in [6.07, 6.45) is 0. The van der Waals surface area contributed by atoms with E-state index in [4.69, 9.17) is 0 Å². The Balaban J connectivity index is 0. The molecule has 0 aliphatic heterocycles. The summed E-state index contributed by atoms with van der Waals surface area (Å²) >= 11 is 0. The summed E-state index contributed by atoms with van der Waals surface area (Å²) in [5.74, 6) is -1.05. The first kappa shape index (κ1) is 18.7. The molecule has 0 aliphatic carbocycles. The van der Waals surface area contributed by atoms with Gasteiger partial charge in [-0.05, 0) is 0 Å². The number of rotatable bonds is 2. The van der Waals surface area contributed by atoms with Crippen molar-refractivity contribution < 1.29 is 82.1 Å². The minimum absolute atomic E-state index is 0.